The van der Waals surface area contributed by atoms with Crippen LogP contribution in [-0.2, 0) is 20.8 Å². The van der Waals surface area contributed by atoms with E-state index in [-0.39, 0.29) is 65.3 Å². The second-order valence-corrected chi connectivity index (χ2v) is 18.3. The third-order valence-corrected chi connectivity index (χ3v) is 13.3. The van der Waals surface area contributed by atoms with Gasteiger partial charge in [-0.05, 0) is 88.1 Å². The van der Waals surface area contributed by atoms with Gasteiger partial charge in [0.15, 0.2) is 0 Å². The summed E-state index contributed by atoms with van der Waals surface area (Å²) in [6, 6.07) is 13.3. The highest BCUT2D eigenvalue weighted by Gasteiger charge is 2.35. The van der Waals surface area contributed by atoms with E-state index in [4.69, 9.17) is 4.98 Å². The molecule has 0 bridgehead atoms. The Labute approximate surface area is 370 Å². The first kappa shape index (κ1) is 47.9. The first-order valence-corrected chi connectivity index (χ1v) is 23.1. The van der Waals surface area contributed by atoms with Crippen LogP contribution >= 0.6 is 11.3 Å². The Morgan fingerprint density at radius 3 is 2.11 bits per heavy atom. The molecule has 3 heterocycles. The van der Waals surface area contributed by atoms with Crippen LogP contribution in [0.5, 0.6) is 0 Å². The lowest BCUT2D eigenvalue weighted by atomic mass is 9.93. The van der Waals surface area contributed by atoms with Gasteiger partial charge >= 0.3 is 5.97 Å². The van der Waals surface area contributed by atoms with Crippen LogP contribution in [0.2, 0.25) is 0 Å². The number of carboxylic acid groups (broad SMARTS) is 1. The molecule has 0 aliphatic carbocycles. The smallest absolute Gasteiger partial charge is 0.306 e. The Morgan fingerprint density at radius 2 is 1.47 bits per heavy atom. The number of carbonyl (C=O) groups excluding carboxylic acids is 5. The van der Waals surface area contributed by atoms with Crippen LogP contribution < -0.4 is 21.3 Å². The van der Waals surface area contributed by atoms with Gasteiger partial charge in [0.1, 0.15) is 16.7 Å². The third-order valence-electron chi connectivity index (χ3n) is 12.4. The van der Waals surface area contributed by atoms with Crippen LogP contribution in [0.25, 0.3) is 0 Å². The average molecular weight is 872 g/mol. The lowest BCUT2D eigenvalue weighted by Crippen LogP contribution is -2.57. The number of rotatable bonds is 20. The average Bonchev–Trinajstić information content (AvgIpc) is 3.99. The van der Waals surface area contributed by atoms with Crippen molar-refractivity contribution in [1.82, 2.24) is 36.1 Å². The summed E-state index contributed by atoms with van der Waals surface area (Å²) in [6.45, 7) is 11.5. The number of carbonyl (C=O) groups is 6. The van der Waals surface area contributed by atoms with Gasteiger partial charge in [0.25, 0.3) is 17.7 Å². The van der Waals surface area contributed by atoms with Gasteiger partial charge < -0.3 is 31.3 Å². The molecule has 0 saturated carbocycles. The molecule has 2 aliphatic rings. The first-order chi connectivity index (χ1) is 29.7. The van der Waals surface area contributed by atoms with E-state index < -0.39 is 47.9 Å². The van der Waals surface area contributed by atoms with Crippen LogP contribution in [0.15, 0.2) is 60.0 Å². The number of hydrogen-bond donors (Lipinski definition) is 5. The quantitative estimate of drug-likeness (QED) is 0.0928. The molecule has 5 amide bonds. The van der Waals surface area contributed by atoms with Gasteiger partial charge in [-0.3, -0.25) is 33.7 Å². The molecule has 1 aromatic heterocycles. The lowest BCUT2D eigenvalue weighted by Gasteiger charge is -2.34. The predicted molar refractivity (Wildman–Crippen MR) is 240 cm³/mol. The second kappa shape index (κ2) is 22.8. The molecule has 7 atom stereocenters. The van der Waals surface area contributed by atoms with E-state index >= 15 is 0 Å². The van der Waals surface area contributed by atoms with E-state index in [9.17, 15) is 33.9 Å². The zero-order valence-corrected chi connectivity index (χ0v) is 37.8. The molecule has 2 aliphatic heterocycles. The number of thiazole rings is 1. The molecule has 0 spiro atoms. The van der Waals surface area contributed by atoms with Crippen LogP contribution in [0, 0.1) is 17.8 Å². The zero-order chi connectivity index (χ0) is 44.9. The van der Waals surface area contributed by atoms with Crippen LogP contribution in [0.3, 0.4) is 0 Å². The highest BCUT2D eigenvalue weighted by atomic mass is 32.1. The molecule has 3 aromatic rings. The monoisotopic (exact) mass is 871 g/mol. The van der Waals surface area contributed by atoms with Crippen LogP contribution in [-0.4, -0.2) is 106 Å². The van der Waals surface area contributed by atoms with E-state index in [1.807, 2.05) is 70.0 Å². The number of piperidine rings is 1. The molecular weight excluding hydrogens is 807 g/mol. The molecule has 14 nitrogen and oxygen atoms in total. The summed E-state index contributed by atoms with van der Waals surface area (Å²) in [6.07, 6.45) is 5.95. The maximum absolute atomic E-state index is 14.3. The largest absolute Gasteiger partial charge is 0.481 e. The Hall–Kier alpha value is -5.15. The number of nitrogens with one attached hydrogen (secondary N) is 4. The summed E-state index contributed by atoms with van der Waals surface area (Å²) in [5, 5.41) is 24.1. The number of likely N-dealkylation sites (tertiary alicyclic amines) is 2. The Balaban J connectivity index is 1.42. The van der Waals surface area contributed by atoms with Crippen molar-refractivity contribution in [2.24, 2.45) is 17.8 Å². The van der Waals surface area contributed by atoms with Crippen LogP contribution in [0.1, 0.15) is 134 Å². The Kier molecular flexibility index (Phi) is 17.6. The molecule has 2 aromatic carbocycles. The molecule has 336 valence electrons. The van der Waals surface area contributed by atoms with Crippen molar-refractivity contribution in [3.63, 3.8) is 0 Å². The molecular formula is C47H65N7O7S. The second-order valence-electron chi connectivity index (χ2n) is 17.4. The van der Waals surface area contributed by atoms with Crippen molar-refractivity contribution >= 4 is 46.8 Å². The number of aromatic nitrogens is 1. The number of carboxylic acids is 1. The van der Waals surface area contributed by atoms with Crippen molar-refractivity contribution in [2.75, 3.05) is 26.7 Å². The summed E-state index contributed by atoms with van der Waals surface area (Å²) in [5.74, 6) is -3.65. The molecule has 5 N–H and O–H groups in total. The SMILES string of the molecule is CC[C@H](C)[C@H](NC(=O)[C@H]1CCCCN1C)C(=O)N[C@H](C[C@@H](NC(=O)c1ccccc1C(=O)N1CCCC1)c1nc(C(=O)N[C@@H](Cc2ccccc2)C[C@H](C)C(=O)O)cs1)C(C)C. The van der Waals surface area contributed by atoms with E-state index in [1.165, 1.54) is 11.3 Å². The van der Waals surface area contributed by atoms with Gasteiger partial charge in [-0.25, -0.2) is 4.98 Å². The summed E-state index contributed by atoms with van der Waals surface area (Å²) in [4.78, 5) is 90.0. The number of benzene rings is 2. The number of nitrogens with zero attached hydrogens (tertiary/aromatic N) is 3. The topological polar surface area (TPSA) is 190 Å². The van der Waals surface area contributed by atoms with Crippen molar-refractivity contribution in [1.29, 1.82) is 0 Å². The van der Waals surface area contributed by atoms with E-state index in [1.54, 1.807) is 41.5 Å². The molecule has 5 rings (SSSR count). The molecule has 2 fully saturated rings. The molecule has 15 heteroatoms. The maximum Gasteiger partial charge on any atom is 0.306 e. The molecule has 0 unspecified atom stereocenters. The summed E-state index contributed by atoms with van der Waals surface area (Å²) < 4.78 is 0. The third kappa shape index (κ3) is 12.9. The highest BCUT2D eigenvalue weighted by molar-refractivity contribution is 7.09. The lowest BCUT2D eigenvalue weighted by molar-refractivity contribution is -0.141. The van der Waals surface area contributed by atoms with Gasteiger partial charge in [0.2, 0.25) is 11.8 Å². The van der Waals surface area contributed by atoms with Gasteiger partial charge in [-0.1, -0.05) is 89.9 Å². The zero-order valence-electron chi connectivity index (χ0n) is 37.0. The maximum atomic E-state index is 14.3. The normalized spacial score (nSPS) is 18.5. The Morgan fingerprint density at radius 1 is 0.806 bits per heavy atom. The Bertz CT molecular complexity index is 2000. The minimum atomic E-state index is -0.961. The summed E-state index contributed by atoms with van der Waals surface area (Å²) >= 11 is 1.19. The highest BCUT2D eigenvalue weighted by Crippen LogP contribution is 2.28. The van der Waals surface area contributed by atoms with Gasteiger partial charge in [0, 0.05) is 30.6 Å². The summed E-state index contributed by atoms with van der Waals surface area (Å²) in [5.41, 5.74) is 1.54. The van der Waals surface area contributed by atoms with Crippen molar-refractivity contribution < 1.29 is 33.9 Å². The minimum absolute atomic E-state index is 0.104. The predicted octanol–water partition coefficient (Wildman–Crippen LogP) is 5.85. The fourth-order valence-corrected chi connectivity index (χ4v) is 9.09. The molecule has 2 saturated heterocycles. The minimum Gasteiger partial charge on any atom is -0.481 e. The number of hydrogen-bond acceptors (Lipinski definition) is 9. The van der Waals surface area contributed by atoms with Crippen molar-refractivity contribution in [2.45, 2.75) is 123 Å². The first-order valence-electron chi connectivity index (χ1n) is 22.2. The fourth-order valence-electron chi connectivity index (χ4n) is 8.23. The van der Waals surface area contributed by atoms with Gasteiger partial charge in [-0.2, -0.15) is 0 Å². The number of aliphatic carboxylic acids is 1. The summed E-state index contributed by atoms with van der Waals surface area (Å²) in [7, 11) is 1.93. The number of likely N-dealkylation sites (N-methyl/N-ethyl adjacent to an activating group) is 1. The van der Waals surface area contributed by atoms with Gasteiger partial charge in [0.05, 0.1) is 29.1 Å². The fraction of sp³-hybridized carbons (Fsp3) is 0.553. The van der Waals surface area contributed by atoms with E-state index in [0.717, 1.165) is 44.2 Å². The van der Waals surface area contributed by atoms with Crippen molar-refractivity contribution in [3.8, 4) is 0 Å². The molecule has 0 radical (unpaired) electrons. The van der Waals surface area contributed by atoms with Crippen molar-refractivity contribution in [3.05, 3.63) is 87.4 Å². The van der Waals surface area contributed by atoms with Crippen LogP contribution in [0.4, 0.5) is 0 Å². The van der Waals surface area contributed by atoms with Gasteiger partial charge in [-0.15, -0.1) is 11.3 Å². The molecule has 62 heavy (non-hydrogen) atoms. The number of amides is 5. The standard InChI is InChI=1S/C47H65N7O7S/c1-7-30(4)40(52-43(57)39-21-13-14-22-53(39)6)44(58)49-36(29(2)3)27-37(50-41(55)34-19-11-12-20-35(34)46(59)54-23-15-16-24-54)45-51-38(28-62-45)42(56)48-33(25-31(5)47(60)61)26-32-17-9-8-10-18-32/h8-12,17-20,28-31,33,36-37,39-40H,7,13-16,21-27H2,1-6H3,(H,48,56)(H,49,58)(H,50,55)(H,52,57)(H,60,61)/t30-,31-,33+,36+,37+,39+,40-/m0/s1. The van der Waals surface area contributed by atoms with E-state index in [0.29, 0.717) is 30.9 Å². The van der Waals surface area contributed by atoms with E-state index in [2.05, 4.69) is 21.3 Å².